The number of Topliss-reactive ketones (excluding diaryl/α,β-unsaturated/α-hetero) is 1. The number of ketones is 2. The molecule has 4 aromatic rings. The maximum absolute atomic E-state index is 13.8. The van der Waals surface area contributed by atoms with Gasteiger partial charge in [-0.05, 0) is 68.3 Å². The third kappa shape index (κ3) is 6.42. The quantitative estimate of drug-likeness (QED) is 0.0576. The molecule has 0 radical (unpaired) electrons. The maximum Gasteiger partial charge on any atom is 0.334 e. The number of hydrogen-bond acceptors (Lipinski definition) is 6. The first-order chi connectivity index (χ1) is 20.4. The molecule has 1 heterocycles. The van der Waals surface area contributed by atoms with Crippen molar-refractivity contribution in [2.24, 2.45) is 5.16 Å². The number of thioether (sulfide) groups is 1. The molecular formula is C34H31ClN2O4S. The minimum absolute atomic E-state index is 0.0445. The SMILES string of the molecule is CCC(=O)O/N=C(\CCSc1ccc(Cl)cc1)C(=O)C1=Cc2c(n(CC)c3ccc(C(=O)c4ccccc4)cc23)CC1. The predicted molar refractivity (Wildman–Crippen MR) is 169 cm³/mol. The van der Waals surface area contributed by atoms with Gasteiger partial charge in [-0.2, -0.15) is 0 Å². The van der Waals surface area contributed by atoms with E-state index < -0.39 is 5.97 Å². The minimum Gasteiger partial charge on any atom is -0.344 e. The van der Waals surface area contributed by atoms with Crippen LogP contribution in [0, 0.1) is 0 Å². The summed E-state index contributed by atoms with van der Waals surface area (Å²) < 4.78 is 2.25. The number of rotatable bonds is 11. The Labute approximate surface area is 254 Å². The van der Waals surface area contributed by atoms with Crippen molar-refractivity contribution in [3.63, 3.8) is 0 Å². The summed E-state index contributed by atoms with van der Waals surface area (Å²) >= 11 is 7.57. The van der Waals surface area contributed by atoms with Crippen molar-refractivity contribution in [3.05, 3.63) is 106 Å². The highest BCUT2D eigenvalue weighted by atomic mass is 35.5. The van der Waals surface area contributed by atoms with E-state index in [2.05, 4.69) is 16.6 Å². The average molecular weight is 599 g/mol. The van der Waals surface area contributed by atoms with Gasteiger partial charge in [0.2, 0.25) is 5.78 Å². The summed E-state index contributed by atoms with van der Waals surface area (Å²) in [6.45, 7) is 4.55. The number of halogens is 1. The summed E-state index contributed by atoms with van der Waals surface area (Å²) in [5, 5.41) is 5.62. The second-order valence-corrected chi connectivity index (χ2v) is 11.5. The third-order valence-corrected chi connectivity index (χ3v) is 8.57. The lowest BCUT2D eigenvalue weighted by Gasteiger charge is -2.16. The zero-order chi connectivity index (χ0) is 29.6. The van der Waals surface area contributed by atoms with Crippen LogP contribution in [0.1, 0.15) is 60.3 Å². The Kier molecular flexibility index (Phi) is 9.40. The van der Waals surface area contributed by atoms with Gasteiger partial charge in [0, 0.05) is 73.9 Å². The first-order valence-electron chi connectivity index (χ1n) is 14.0. The van der Waals surface area contributed by atoms with Crippen molar-refractivity contribution in [1.82, 2.24) is 4.57 Å². The number of aromatic nitrogens is 1. The molecule has 5 rings (SSSR count). The molecule has 8 heteroatoms. The number of oxime groups is 1. The summed E-state index contributed by atoms with van der Waals surface area (Å²) in [6.07, 6.45) is 3.65. The highest BCUT2D eigenvalue weighted by Gasteiger charge is 2.26. The summed E-state index contributed by atoms with van der Waals surface area (Å²) in [7, 11) is 0. The first-order valence-corrected chi connectivity index (χ1v) is 15.4. The number of nitrogens with zero attached hydrogens (tertiary/aromatic N) is 2. The fourth-order valence-corrected chi connectivity index (χ4v) is 6.14. The predicted octanol–water partition coefficient (Wildman–Crippen LogP) is 7.94. The zero-order valence-corrected chi connectivity index (χ0v) is 25.1. The molecule has 1 aliphatic carbocycles. The fourth-order valence-electron chi connectivity index (χ4n) is 5.15. The number of aryl methyl sites for hydroxylation is 1. The van der Waals surface area contributed by atoms with Crippen molar-refractivity contribution in [1.29, 1.82) is 0 Å². The minimum atomic E-state index is -0.493. The van der Waals surface area contributed by atoms with Gasteiger partial charge in [0.15, 0.2) is 5.78 Å². The molecule has 0 saturated heterocycles. The Hall–Kier alpha value is -3.94. The Morgan fingerprint density at radius 1 is 0.952 bits per heavy atom. The van der Waals surface area contributed by atoms with Crippen molar-refractivity contribution in [2.75, 3.05) is 5.75 Å². The van der Waals surface area contributed by atoms with Crippen molar-refractivity contribution < 1.29 is 19.2 Å². The van der Waals surface area contributed by atoms with Crippen LogP contribution >= 0.6 is 23.4 Å². The molecule has 0 spiro atoms. The monoisotopic (exact) mass is 598 g/mol. The Bertz CT molecular complexity index is 1710. The van der Waals surface area contributed by atoms with Gasteiger partial charge >= 0.3 is 5.97 Å². The van der Waals surface area contributed by atoms with Crippen molar-refractivity contribution >= 4 is 63.6 Å². The molecule has 0 unspecified atom stereocenters. The molecule has 0 saturated carbocycles. The normalized spacial score (nSPS) is 13.0. The highest BCUT2D eigenvalue weighted by molar-refractivity contribution is 7.99. The average Bonchev–Trinajstić information content (AvgIpc) is 3.35. The molecule has 6 nitrogen and oxygen atoms in total. The molecule has 214 valence electrons. The number of allylic oxidation sites excluding steroid dienone is 1. The molecule has 0 atom stereocenters. The van der Waals surface area contributed by atoms with Gasteiger partial charge in [0.25, 0.3) is 0 Å². The summed E-state index contributed by atoms with van der Waals surface area (Å²) in [6, 6.07) is 22.5. The molecule has 0 aliphatic heterocycles. The van der Waals surface area contributed by atoms with Crippen LogP contribution in [0.3, 0.4) is 0 Å². The van der Waals surface area contributed by atoms with Crippen molar-refractivity contribution in [3.8, 4) is 0 Å². The lowest BCUT2D eigenvalue weighted by Crippen LogP contribution is -2.21. The molecular weight excluding hydrogens is 568 g/mol. The van der Waals surface area contributed by atoms with Crippen LogP contribution in [0.5, 0.6) is 0 Å². The molecule has 1 aliphatic rings. The fraction of sp³-hybridized carbons (Fsp3) is 0.235. The number of fused-ring (bicyclic) bond motifs is 3. The van der Waals surface area contributed by atoms with E-state index in [1.54, 1.807) is 18.7 Å². The number of benzene rings is 3. The Morgan fingerprint density at radius 2 is 1.71 bits per heavy atom. The summed E-state index contributed by atoms with van der Waals surface area (Å²) in [5.41, 5.74) is 5.18. The van der Waals surface area contributed by atoms with Gasteiger partial charge in [0.1, 0.15) is 5.71 Å². The molecule has 0 fully saturated rings. The van der Waals surface area contributed by atoms with Crippen LogP contribution in [0.4, 0.5) is 0 Å². The van der Waals surface area contributed by atoms with E-state index in [9.17, 15) is 14.4 Å². The Morgan fingerprint density at radius 3 is 2.43 bits per heavy atom. The van der Waals surface area contributed by atoms with Gasteiger partial charge in [0.05, 0.1) is 0 Å². The number of hydrogen-bond donors (Lipinski definition) is 0. The highest BCUT2D eigenvalue weighted by Crippen LogP contribution is 2.35. The van der Waals surface area contributed by atoms with E-state index >= 15 is 0 Å². The van der Waals surface area contributed by atoms with E-state index in [1.165, 1.54) is 0 Å². The molecule has 0 N–H and O–H groups in total. The van der Waals surface area contributed by atoms with Gasteiger partial charge < -0.3 is 9.40 Å². The smallest absolute Gasteiger partial charge is 0.334 e. The molecule has 42 heavy (non-hydrogen) atoms. The number of carbonyl (C=O) groups is 3. The molecule has 0 bridgehead atoms. The van der Waals surface area contributed by atoms with Crippen LogP contribution in [0.2, 0.25) is 5.02 Å². The second-order valence-electron chi connectivity index (χ2n) is 9.94. The van der Waals surface area contributed by atoms with E-state index in [4.69, 9.17) is 16.4 Å². The largest absolute Gasteiger partial charge is 0.344 e. The first kappa shape index (κ1) is 29.5. The topological polar surface area (TPSA) is 77.7 Å². The van der Waals surface area contributed by atoms with Crippen LogP contribution in [0.25, 0.3) is 17.0 Å². The zero-order valence-electron chi connectivity index (χ0n) is 23.6. The lowest BCUT2D eigenvalue weighted by atomic mass is 9.90. The maximum atomic E-state index is 13.8. The van der Waals surface area contributed by atoms with Crippen LogP contribution in [0.15, 0.2) is 88.4 Å². The van der Waals surface area contributed by atoms with E-state index in [0.717, 1.165) is 33.6 Å². The van der Waals surface area contributed by atoms with Gasteiger partial charge in [-0.15, -0.1) is 11.8 Å². The summed E-state index contributed by atoms with van der Waals surface area (Å²) in [5.74, 6) is -0.187. The van der Waals surface area contributed by atoms with E-state index in [0.29, 0.717) is 46.7 Å². The van der Waals surface area contributed by atoms with Crippen LogP contribution in [-0.2, 0) is 27.4 Å². The second kappa shape index (κ2) is 13.4. The van der Waals surface area contributed by atoms with E-state index in [-0.39, 0.29) is 23.7 Å². The van der Waals surface area contributed by atoms with Crippen molar-refractivity contribution in [2.45, 2.75) is 51.0 Å². The van der Waals surface area contributed by atoms with Crippen LogP contribution < -0.4 is 0 Å². The van der Waals surface area contributed by atoms with Gasteiger partial charge in [-0.3, -0.25) is 9.59 Å². The lowest BCUT2D eigenvalue weighted by molar-refractivity contribution is -0.143. The molecule has 3 aromatic carbocycles. The van der Waals surface area contributed by atoms with Gasteiger partial charge in [-0.25, -0.2) is 4.79 Å². The Balaban J connectivity index is 1.46. The summed E-state index contributed by atoms with van der Waals surface area (Å²) in [4.78, 5) is 45.0. The van der Waals surface area contributed by atoms with E-state index in [1.807, 2.05) is 78.9 Å². The van der Waals surface area contributed by atoms with Crippen LogP contribution in [-0.4, -0.2) is 33.6 Å². The van der Waals surface area contributed by atoms with Gasteiger partial charge in [-0.1, -0.05) is 54.0 Å². The third-order valence-electron chi connectivity index (χ3n) is 7.30. The standard InChI is InChI=1S/C34H31ClN2O4S/c1-3-32(38)41-36-29(18-19-42-26-14-12-25(35)13-15-26)34(40)24-11-17-31-28(21-24)27-20-23(10-16-30(27)37(31)4-2)33(39)22-8-6-5-7-9-22/h5-10,12-16,20-21H,3-4,11,17-19H2,1-2H3/b36-29+. The molecule has 1 aromatic heterocycles. The molecule has 0 amide bonds. The number of carbonyl (C=O) groups excluding carboxylic acids is 3.